The highest BCUT2D eigenvalue weighted by Crippen LogP contribution is 2.14. The van der Waals surface area contributed by atoms with Gasteiger partial charge in [0, 0.05) is 11.1 Å². The van der Waals surface area contributed by atoms with Gasteiger partial charge in [0.1, 0.15) is 0 Å². The molecule has 3 heteroatoms. The molecule has 0 heterocycles. The van der Waals surface area contributed by atoms with Crippen molar-refractivity contribution in [2.75, 3.05) is 0 Å². The maximum absolute atomic E-state index is 6.35. The molecule has 2 aromatic rings. The maximum atomic E-state index is 6.35. The topological polar surface area (TPSA) is 9.23 Å². The van der Waals surface area contributed by atoms with E-state index in [0.717, 1.165) is 17.0 Å². The molecule has 0 radical (unpaired) electrons. The highest BCUT2D eigenvalue weighted by molar-refractivity contribution is 6.84. The SMILES string of the molecule is CC(C/C=C\c1ccc(Cl)cc1)O[Si](C)(C)c1ccccc1. The third-order valence-corrected chi connectivity index (χ3v) is 6.58. The Balaban J connectivity index is 1.90. The van der Waals surface area contributed by atoms with Crippen LogP contribution in [0, 0.1) is 0 Å². The zero-order chi connectivity index (χ0) is 16.0. The smallest absolute Gasteiger partial charge is 0.218 e. The van der Waals surface area contributed by atoms with E-state index >= 15 is 0 Å². The first-order chi connectivity index (χ1) is 10.5. The summed E-state index contributed by atoms with van der Waals surface area (Å²) in [6, 6.07) is 18.4. The summed E-state index contributed by atoms with van der Waals surface area (Å²) in [5, 5.41) is 2.10. The van der Waals surface area contributed by atoms with Crippen LogP contribution in [0.1, 0.15) is 18.9 Å². The van der Waals surface area contributed by atoms with Crippen LogP contribution in [-0.4, -0.2) is 14.4 Å². The molecule has 0 aromatic heterocycles. The Hall–Kier alpha value is -1.35. The van der Waals surface area contributed by atoms with Gasteiger partial charge in [-0.3, -0.25) is 0 Å². The number of rotatable bonds is 6. The van der Waals surface area contributed by atoms with Crippen molar-refractivity contribution in [2.24, 2.45) is 0 Å². The monoisotopic (exact) mass is 330 g/mol. The van der Waals surface area contributed by atoms with Crippen molar-refractivity contribution in [3.8, 4) is 0 Å². The van der Waals surface area contributed by atoms with E-state index in [2.05, 4.69) is 56.4 Å². The van der Waals surface area contributed by atoms with E-state index in [0.29, 0.717) is 0 Å². The van der Waals surface area contributed by atoms with Gasteiger partial charge in [-0.1, -0.05) is 66.2 Å². The Morgan fingerprint density at radius 2 is 1.68 bits per heavy atom. The van der Waals surface area contributed by atoms with Crippen molar-refractivity contribution in [1.29, 1.82) is 0 Å². The van der Waals surface area contributed by atoms with Gasteiger partial charge in [-0.15, -0.1) is 0 Å². The van der Waals surface area contributed by atoms with Crippen molar-refractivity contribution >= 4 is 31.2 Å². The molecule has 0 aliphatic carbocycles. The molecule has 1 unspecified atom stereocenters. The predicted octanol–water partition coefficient (Wildman–Crippen LogP) is 5.26. The Bertz CT molecular complexity index is 605. The summed E-state index contributed by atoms with van der Waals surface area (Å²) in [5.41, 5.74) is 1.16. The molecule has 0 amide bonds. The molecule has 2 aromatic carbocycles. The molecule has 22 heavy (non-hydrogen) atoms. The first-order valence-corrected chi connectivity index (χ1v) is 10.9. The lowest BCUT2D eigenvalue weighted by Crippen LogP contribution is -2.46. The molecule has 116 valence electrons. The molecular weight excluding hydrogens is 308 g/mol. The van der Waals surface area contributed by atoms with Crippen molar-refractivity contribution in [1.82, 2.24) is 0 Å². The van der Waals surface area contributed by atoms with Crippen molar-refractivity contribution in [2.45, 2.75) is 32.5 Å². The first kappa shape index (κ1) is 17.0. The Labute approximate surface area is 139 Å². The van der Waals surface area contributed by atoms with Gasteiger partial charge in [0.05, 0.1) is 0 Å². The zero-order valence-electron chi connectivity index (χ0n) is 13.4. The molecule has 0 saturated heterocycles. The molecule has 0 aliphatic heterocycles. The van der Waals surface area contributed by atoms with E-state index < -0.39 is 8.32 Å². The van der Waals surface area contributed by atoms with Gasteiger partial charge in [-0.25, -0.2) is 0 Å². The van der Waals surface area contributed by atoms with E-state index in [4.69, 9.17) is 16.0 Å². The van der Waals surface area contributed by atoms with Gasteiger partial charge >= 0.3 is 0 Å². The standard InChI is InChI=1S/C19H23ClOSi/c1-16(8-7-9-17-12-14-18(20)15-13-17)21-22(2,3)19-10-5-4-6-11-19/h4-7,9-16H,8H2,1-3H3/b9-7-. The molecule has 1 atom stereocenters. The normalized spacial score (nSPS) is 13.5. The summed E-state index contributed by atoms with van der Waals surface area (Å²) in [6.07, 6.45) is 5.41. The third-order valence-electron chi connectivity index (χ3n) is 3.61. The predicted molar refractivity (Wildman–Crippen MR) is 99.2 cm³/mol. The van der Waals surface area contributed by atoms with E-state index in [-0.39, 0.29) is 6.10 Å². The molecule has 0 aliphatic rings. The van der Waals surface area contributed by atoms with Crippen LogP contribution in [0.2, 0.25) is 18.1 Å². The van der Waals surface area contributed by atoms with Gasteiger partial charge in [-0.2, -0.15) is 0 Å². The second-order valence-corrected chi connectivity index (χ2v) is 10.3. The highest BCUT2D eigenvalue weighted by Gasteiger charge is 2.26. The fourth-order valence-electron chi connectivity index (χ4n) is 2.43. The molecule has 0 saturated carbocycles. The number of halogens is 1. The fraction of sp³-hybridized carbons (Fsp3) is 0.263. The van der Waals surface area contributed by atoms with Crippen LogP contribution in [0.3, 0.4) is 0 Å². The van der Waals surface area contributed by atoms with Crippen molar-refractivity contribution in [3.05, 3.63) is 71.3 Å². The second kappa shape index (κ2) is 7.77. The largest absolute Gasteiger partial charge is 0.410 e. The summed E-state index contributed by atoms with van der Waals surface area (Å²) in [5.74, 6) is 0. The summed E-state index contributed by atoms with van der Waals surface area (Å²) in [7, 11) is -1.83. The van der Waals surface area contributed by atoms with Gasteiger partial charge in [0.25, 0.3) is 0 Å². The molecule has 1 nitrogen and oxygen atoms in total. The summed E-state index contributed by atoms with van der Waals surface area (Å²) >= 11 is 5.89. The number of benzene rings is 2. The lowest BCUT2D eigenvalue weighted by molar-refractivity contribution is 0.221. The first-order valence-electron chi connectivity index (χ1n) is 7.63. The van der Waals surface area contributed by atoms with Crippen molar-refractivity contribution < 1.29 is 4.43 Å². The van der Waals surface area contributed by atoms with Gasteiger partial charge in [-0.05, 0) is 49.3 Å². The Morgan fingerprint density at radius 3 is 2.32 bits per heavy atom. The number of hydrogen-bond acceptors (Lipinski definition) is 1. The lowest BCUT2D eigenvalue weighted by Gasteiger charge is -2.27. The van der Waals surface area contributed by atoms with E-state index in [1.807, 2.05) is 30.3 Å². The van der Waals surface area contributed by atoms with Crippen LogP contribution in [0.4, 0.5) is 0 Å². The van der Waals surface area contributed by atoms with Gasteiger partial charge in [0.15, 0.2) is 0 Å². The van der Waals surface area contributed by atoms with Crippen LogP contribution in [0.5, 0.6) is 0 Å². The van der Waals surface area contributed by atoms with Crippen LogP contribution >= 0.6 is 11.6 Å². The third kappa shape index (κ3) is 5.13. The minimum absolute atomic E-state index is 0.213. The van der Waals surface area contributed by atoms with Crippen LogP contribution in [0.25, 0.3) is 6.08 Å². The minimum atomic E-state index is -1.83. The molecule has 0 fully saturated rings. The lowest BCUT2D eigenvalue weighted by atomic mass is 10.2. The van der Waals surface area contributed by atoms with Crippen molar-refractivity contribution in [3.63, 3.8) is 0 Å². The summed E-state index contributed by atoms with van der Waals surface area (Å²) < 4.78 is 6.35. The summed E-state index contributed by atoms with van der Waals surface area (Å²) in [4.78, 5) is 0. The molecule has 2 rings (SSSR count). The average Bonchev–Trinajstić information content (AvgIpc) is 2.50. The van der Waals surface area contributed by atoms with Gasteiger partial charge in [0.2, 0.25) is 8.32 Å². The molecule has 0 spiro atoms. The zero-order valence-corrected chi connectivity index (χ0v) is 15.2. The minimum Gasteiger partial charge on any atom is -0.410 e. The fourth-order valence-corrected chi connectivity index (χ4v) is 4.79. The van der Waals surface area contributed by atoms with Crippen LogP contribution in [-0.2, 0) is 4.43 Å². The Kier molecular flexibility index (Phi) is 6.01. The van der Waals surface area contributed by atoms with E-state index in [1.54, 1.807) is 0 Å². The second-order valence-electron chi connectivity index (χ2n) is 5.99. The highest BCUT2D eigenvalue weighted by atomic mass is 35.5. The number of hydrogen-bond donors (Lipinski definition) is 0. The quantitative estimate of drug-likeness (QED) is 0.656. The summed E-state index contributed by atoms with van der Waals surface area (Å²) in [6.45, 7) is 6.65. The van der Waals surface area contributed by atoms with Gasteiger partial charge < -0.3 is 4.43 Å². The molecule has 0 N–H and O–H groups in total. The molecule has 0 bridgehead atoms. The van der Waals surface area contributed by atoms with E-state index in [9.17, 15) is 0 Å². The molecular formula is C19H23ClOSi. The maximum Gasteiger partial charge on any atom is 0.218 e. The van der Waals surface area contributed by atoms with E-state index in [1.165, 1.54) is 5.19 Å². The van der Waals surface area contributed by atoms with Crippen LogP contribution in [0.15, 0.2) is 60.7 Å². The Morgan fingerprint density at radius 1 is 1.05 bits per heavy atom. The average molecular weight is 331 g/mol. The van der Waals surface area contributed by atoms with Crippen LogP contribution < -0.4 is 5.19 Å².